The Kier molecular flexibility index (Phi) is 5.34. The summed E-state index contributed by atoms with van der Waals surface area (Å²) in [7, 11) is 0. The van der Waals surface area contributed by atoms with Gasteiger partial charge in [0.15, 0.2) is 6.10 Å². The summed E-state index contributed by atoms with van der Waals surface area (Å²) in [6.07, 6.45) is 3.71. The normalized spacial score (nSPS) is 26.3. The standard InChI is InChI=1S/C31H38N2O4/c1-17-7-9-20(10-8-17)25-18(2)22-15-32(29(36)33-24-12-11-21-13-14-31(21,24)33)16-23(22)19(3)26(25)27(28(34)35)37-30(4,5)6/h7-10,21,24,27H,11-16H2,1-6H3,(H,34,35)/t21-,24?,27+,31?,33?/m1/s1. The van der Waals surface area contributed by atoms with Gasteiger partial charge in [-0.05, 0) is 107 Å². The van der Waals surface area contributed by atoms with Crippen LogP contribution in [0.4, 0.5) is 4.79 Å². The Hall–Kier alpha value is -2.86. The molecule has 2 aliphatic heterocycles. The number of likely N-dealkylation sites (tertiary alicyclic amines) is 1. The van der Waals surface area contributed by atoms with Crippen LogP contribution in [0.2, 0.25) is 0 Å². The number of urea groups is 1. The summed E-state index contributed by atoms with van der Waals surface area (Å²) in [5, 5.41) is 10.3. The number of fused-ring (bicyclic) bond motifs is 1. The van der Waals surface area contributed by atoms with E-state index >= 15 is 0 Å². The third-order valence-corrected chi connectivity index (χ3v) is 9.45. The molecular formula is C31H38N2O4. The number of aliphatic carboxylic acids is 1. The number of hydrogen-bond acceptors (Lipinski definition) is 3. The molecular weight excluding hydrogens is 464 g/mol. The van der Waals surface area contributed by atoms with E-state index in [4.69, 9.17) is 4.74 Å². The highest BCUT2D eigenvalue weighted by atomic mass is 16.5. The first kappa shape index (κ1) is 24.5. The van der Waals surface area contributed by atoms with E-state index in [2.05, 4.69) is 36.1 Å². The second-order valence-electron chi connectivity index (χ2n) is 12.6. The van der Waals surface area contributed by atoms with Crippen molar-refractivity contribution < 1.29 is 19.4 Å². The van der Waals surface area contributed by atoms with Crippen LogP contribution in [-0.4, -0.2) is 44.1 Å². The fourth-order valence-electron chi connectivity index (χ4n) is 7.57. The van der Waals surface area contributed by atoms with E-state index in [1.165, 1.54) is 12.8 Å². The van der Waals surface area contributed by atoms with Gasteiger partial charge < -0.3 is 19.6 Å². The summed E-state index contributed by atoms with van der Waals surface area (Å²) in [6.45, 7) is 12.9. The Morgan fingerprint density at radius 3 is 2.19 bits per heavy atom. The predicted octanol–water partition coefficient (Wildman–Crippen LogP) is 6.28. The van der Waals surface area contributed by atoms with Gasteiger partial charge >= 0.3 is 12.0 Å². The van der Waals surface area contributed by atoms with Crippen molar-refractivity contribution in [2.75, 3.05) is 0 Å². The SMILES string of the molecule is Cc1ccc(-c2c(C)c3c(c(C)c2[C@H](OC(C)(C)C)C(=O)O)CN(C(=O)N2C4CC[C@@H]5CCC452)C3)cc1. The molecule has 4 aliphatic rings. The summed E-state index contributed by atoms with van der Waals surface area (Å²) >= 11 is 0. The van der Waals surface area contributed by atoms with Crippen molar-refractivity contribution in [2.24, 2.45) is 5.92 Å². The van der Waals surface area contributed by atoms with Crippen LogP contribution in [0.3, 0.4) is 0 Å². The topological polar surface area (TPSA) is 69.9 Å². The first-order valence-corrected chi connectivity index (χ1v) is 13.6. The van der Waals surface area contributed by atoms with Crippen molar-refractivity contribution in [3.63, 3.8) is 0 Å². The molecule has 37 heavy (non-hydrogen) atoms. The number of rotatable bonds is 4. The first-order valence-electron chi connectivity index (χ1n) is 13.6. The van der Waals surface area contributed by atoms with E-state index in [0.29, 0.717) is 30.6 Å². The Morgan fingerprint density at radius 1 is 1.00 bits per heavy atom. The fourth-order valence-corrected chi connectivity index (χ4v) is 7.57. The van der Waals surface area contributed by atoms with E-state index in [0.717, 1.165) is 51.8 Å². The Bertz CT molecular complexity index is 1310. The van der Waals surface area contributed by atoms with Gasteiger partial charge in [-0.1, -0.05) is 29.8 Å². The van der Waals surface area contributed by atoms with Gasteiger partial charge in [-0.2, -0.15) is 0 Å². The van der Waals surface area contributed by atoms with E-state index in [9.17, 15) is 14.7 Å². The van der Waals surface area contributed by atoms with Gasteiger partial charge in [0.25, 0.3) is 0 Å². The Balaban J connectivity index is 1.43. The maximum absolute atomic E-state index is 13.7. The third-order valence-electron chi connectivity index (χ3n) is 9.45. The second kappa shape index (κ2) is 8.07. The maximum atomic E-state index is 13.7. The smallest absolute Gasteiger partial charge is 0.337 e. The molecule has 2 heterocycles. The third kappa shape index (κ3) is 3.55. The number of carboxylic acids is 1. The lowest BCUT2D eigenvalue weighted by Crippen LogP contribution is -2.42. The molecule has 1 N–H and O–H groups in total. The number of carbonyl (C=O) groups is 2. The number of benzene rings is 2. The van der Waals surface area contributed by atoms with Crippen LogP contribution >= 0.6 is 0 Å². The molecule has 6 nitrogen and oxygen atoms in total. The molecule has 0 aromatic heterocycles. The molecule has 2 aromatic rings. The zero-order chi connectivity index (χ0) is 26.4. The lowest BCUT2D eigenvalue weighted by Gasteiger charge is -2.36. The molecule has 6 rings (SSSR count). The van der Waals surface area contributed by atoms with Crippen LogP contribution in [0.15, 0.2) is 24.3 Å². The average Bonchev–Trinajstić information content (AvgIpc) is 3.16. The molecule has 1 spiro atoms. The molecule has 6 heteroatoms. The lowest BCUT2D eigenvalue weighted by molar-refractivity contribution is -0.160. The number of hydrogen-bond donors (Lipinski definition) is 1. The van der Waals surface area contributed by atoms with Gasteiger partial charge in [-0.3, -0.25) is 0 Å². The van der Waals surface area contributed by atoms with Gasteiger partial charge in [0.05, 0.1) is 17.2 Å². The molecule has 2 aliphatic carbocycles. The Labute approximate surface area is 219 Å². The molecule has 2 saturated carbocycles. The average molecular weight is 503 g/mol. The number of aryl methyl sites for hydroxylation is 1. The van der Waals surface area contributed by atoms with E-state index in [1.807, 2.05) is 39.5 Å². The number of ether oxygens (including phenoxy) is 1. The minimum atomic E-state index is -1.11. The molecule has 4 atom stereocenters. The summed E-state index contributed by atoms with van der Waals surface area (Å²) in [4.78, 5) is 30.5. The molecule has 1 saturated heterocycles. The largest absolute Gasteiger partial charge is 0.479 e. The molecule has 2 aromatic carbocycles. The second-order valence-corrected chi connectivity index (χ2v) is 12.6. The first-order chi connectivity index (χ1) is 17.4. The zero-order valence-corrected chi connectivity index (χ0v) is 22.9. The molecule has 2 amide bonds. The molecule has 2 unspecified atom stereocenters. The van der Waals surface area contributed by atoms with Crippen LogP contribution in [-0.2, 0) is 22.6 Å². The van der Waals surface area contributed by atoms with Gasteiger partial charge in [0.1, 0.15) is 0 Å². The van der Waals surface area contributed by atoms with Gasteiger partial charge in [0, 0.05) is 18.7 Å². The maximum Gasteiger partial charge on any atom is 0.337 e. The van der Waals surface area contributed by atoms with Gasteiger partial charge in [-0.15, -0.1) is 0 Å². The zero-order valence-electron chi connectivity index (χ0n) is 22.9. The van der Waals surface area contributed by atoms with E-state index in [1.54, 1.807) is 0 Å². The van der Waals surface area contributed by atoms with E-state index < -0.39 is 17.7 Å². The molecule has 0 bridgehead atoms. The van der Waals surface area contributed by atoms with Crippen molar-refractivity contribution in [2.45, 2.75) is 104 Å². The summed E-state index contributed by atoms with van der Waals surface area (Å²) in [5.74, 6) is -0.302. The lowest BCUT2D eigenvalue weighted by atomic mass is 9.74. The van der Waals surface area contributed by atoms with Crippen molar-refractivity contribution >= 4 is 12.0 Å². The highest BCUT2D eigenvalue weighted by molar-refractivity contribution is 5.86. The molecule has 3 fully saturated rings. The fraction of sp³-hybridized carbons (Fsp3) is 0.548. The van der Waals surface area contributed by atoms with Crippen LogP contribution in [0.5, 0.6) is 0 Å². The number of carboxylic acid groups (broad SMARTS) is 1. The quantitative estimate of drug-likeness (QED) is 0.500. The highest BCUT2D eigenvalue weighted by Crippen LogP contribution is 2.67. The predicted molar refractivity (Wildman–Crippen MR) is 142 cm³/mol. The number of carbonyl (C=O) groups excluding carboxylic acids is 1. The summed E-state index contributed by atoms with van der Waals surface area (Å²) in [6, 6.07) is 8.83. The molecule has 0 radical (unpaired) electrons. The van der Waals surface area contributed by atoms with Crippen molar-refractivity contribution in [3.8, 4) is 11.1 Å². The van der Waals surface area contributed by atoms with Crippen LogP contribution in [0, 0.1) is 26.7 Å². The Morgan fingerprint density at radius 2 is 1.65 bits per heavy atom. The van der Waals surface area contributed by atoms with Gasteiger partial charge in [0.2, 0.25) is 0 Å². The number of amides is 2. The summed E-state index contributed by atoms with van der Waals surface area (Å²) in [5.41, 5.74) is 7.48. The number of piperidine rings is 1. The van der Waals surface area contributed by atoms with E-state index in [-0.39, 0.29) is 11.6 Å². The number of nitrogens with zero attached hydrogens (tertiary/aromatic N) is 2. The monoisotopic (exact) mass is 502 g/mol. The van der Waals surface area contributed by atoms with Crippen molar-refractivity contribution in [1.29, 1.82) is 0 Å². The molecule has 196 valence electrons. The van der Waals surface area contributed by atoms with Crippen LogP contribution in [0.1, 0.15) is 85.9 Å². The highest BCUT2D eigenvalue weighted by Gasteiger charge is 2.75. The van der Waals surface area contributed by atoms with Crippen molar-refractivity contribution in [1.82, 2.24) is 9.80 Å². The van der Waals surface area contributed by atoms with Crippen molar-refractivity contribution in [3.05, 3.63) is 57.6 Å². The van der Waals surface area contributed by atoms with Crippen LogP contribution < -0.4 is 0 Å². The minimum Gasteiger partial charge on any atom is -0.479 e. The van der Waals surface area contributed by atoms with Gasteiger partial charge in [-0.25, -0.2) is 9.59 Å². The minimum absolute atomic E-state index is 0.156. The summed E-state index contributed by atoms with van der Waals surface area (Å²) < 4.78 is 6.18. The van der Waals surface area contributed by atoms with Crippen LogP contribution in [0.25, 0.3) is 11.1 Å².